The molecule has 0 unspecified atom stereocenters. The van der Waals surface area contributed by atoms with Gasteiger partial charge >= 0.3 is 0 Å². The molecule has 1 aromatic carbocycles. The molecule has 11 nitrogen and oxygen atoms in total. The van der Waals surface area contributed by atoms with Gasteiger partial charge in [0.1, 0.15) is 11.6 Å². The SMILES string of the molecule is CCCCn1c(CN(C)c2ncc(C=O)cn2)nc2c(N3CCOCC3)nc(-c3ccc(OC)cc3)nc21. The van der Waals surface area contributed by atoms with Gasteiger partial charge in [0, 0.05) is 44.6 Å². The fourth-order valence-electron chi connectivity index (χ4n) is 4.44. The number of carbonyl (C=O) groups is 1. The molecule has 0 amide bonds. The molecule has 1 fully saturated rings. The molecule has 4 aromatic rings. The summed E-state index contributed by atoms with van der Waals surface area (Å²) in [5.41, 5.74) is 2.93. The Morgan fingerprint density at radius 2 is 1.82 bits per heavy atom. The number of ether oxygens (including phenoxy) is 2. The highest BCUT2D eigenvalue weighted by Crippen LogP contribution is 2.30. The van der Waals surface area contributed by atoms with E-state index in [2.05, 4.69) is 26.4 Å². The van der Waals surface area contributed by atoms with Crippen molar-refractivity contribution in [2.45, 2.75) is 32.9 Å². The third-order valence-electron chi connectivity index (χ3n) is 6.56. The smallest absolute Gasteiger partial charge is 0.225 e. The number of benzene rings is 1. The van der Waals surface area contributed by atoms with Crippen LogP contribution in [0.5, 0.6) is 5.75 Å². The lowest BCUT2D eigenvalue weighted by Crippen LogP contribution is -2.37. The first-order chi connectivity index (χ1) is 18.6. The number of imidazole rings is 1. The van der Waals surface area contributed by atoms with Gasteiger partial charge in [-0.25, -0.2) is 24.9 Å². The summed E-state index contributed by atoms with van der Waals surface area (Å²) in [6, 6.07) is 7.79. The number of nitrogens with zero attached hydrogens (tertiary/aromatic N) is 8. The number of hydrogen-bond donors (Lipinski definition) is 0. The van der Waals surface area contributed by atoms with E-state index >= 15 is 0 Å². The molecule has 38 heavy (non-hydrogen) atoms. The summed E-state index contributed by atoms with van der Waals surface area (Å²) in [7, 11) is 3.57. The molecule has 0 atom stereocenters. The van der Waals surface area contributed by atoms with E-state index in [0.29, 0.717) is 37.1 Å². The second-order valence-corrected chi connectivity index (χ2v) is 9.19. The van der Waals surface area contributed by atoms with E-state index in [-0.39, 0.29) is 0 Å². The molecule has 0 bridgehead atoms. The number of carbonyl (C=O) groups excluding carboxylic acids is 1. The predicted octanol–water partition coefficient (Wildman–Crippen LogP) is 3.38. The van der Waals surface area contributed by atoms with Crippen LogP contribution in [0.15, 0.2) is 36.7 Å². The van der Waals surface area contributed by atoms with Gasteiger partial charge in [-0.2, -0.15) is 0 Å². The molecular weight excluding hydrogens is 484 g/mol. The Balaban J connectivity index is 1.61. The third kappa shape index (κ3) is 5.28. The lowest BCUT2D eigenvalue weighted by molar-refractivity contribution is 0.112. The molecule has 11 heteroatoms. The van der Waals surface area contributed by atoms with Crippen molar-refractivity contribution in [2.75, 3.05) is 50.3 Å². The monoisotopic (exact) mass is 516 g/mol. The number of morpholine rings is 1. The van der Waals surface area contributed by atoms with Crippen LogP contribution in [-0.2, 0) is 17.8 Å². The molecule has 5 rings (SSSR count). The molecule has 0 N–H and O–H groups in total. The van der Waals surface area contributed by atoms with Crippen molar-refractivity contribution in [3.8, 4) is 17.1 Å². The van der Waals surface area contributed by atoms with E-state index in [1.54, 1.807) is 7.11 Å². The molecule has 0 spiro atoms. The van der Waals surface area contributed by atoms with Crippen molar-refractivity contribution in [1.29, 1.82) is 0 Å². The van der Waals surface area contributed by atoms with Crippen molar-refractivity contribution < 1.29 is 14.3 Å². The van der Waals surface area contributed by atoms with Crippen molar-refractivity contribution in [3.63, 3.8) is 0 Å². The van der Waals surface area contributed by atoms with E-state index < -0.39 is 0 Å². The van der Waals surface area contributed by atoms with Gasteiger partial charge in [-0.15, -0.1) is 0 Å². The first kappa shape index (κ1) is 25.5. The summed E-state index contributed by atoms with van der Waals surface area (Å²) in [4.78, 5) is 39.0. The number of fused-ring (bicyclic) bond motifs is 1. The normalized spacial score (nSPS) is 13.6. The van der Waals surface area contributed by atoms with Gasteiger partial charge in [0.15, 0.2) is 29.1 Å². The van der Waals surface area contributed by atoms with Gasteiger partial charge in [0.25, 0.3) is 0 Å². The number of anilines is 2. The Morgan fingerprint density at radius 3 is 2.47 bits per heavy atom. The van der Waals surface area contributed by atoms with Gasteiger partial charge in [-0.3, -0.25) is 4.79 Å². The van der Waals surface area contributed by atoms with Gasteiger partial charge < -0.3 is 23.8 Å². The molecule has 0 saturated carbocycles. The van der Waals surface area contributed by atoms with Crippen LogP contribution < -0.4 is 14.5 Å². The number of aldehydes is 1. The fourth-order valence-corrected chi connectivity index (χ4v) is 4.44. The summed E-state index contributed by atoms with van der Waals surface area (Å²) in [5, 5.41) is 0. The van der Waals surface area contributed by atoms with Crippen LogP contribution in [0.25, 0.3) is 22.6 Å². The first-order valence-corrected chi connectivity index (χ1v) is 12.8. The maximum atomic E-state index is 11.0. The number of rotatable bonds is 10. The Bertz CT molecular complexity index is 1380. The first-order valence-electron chi connectivity index (χ1n) is 12.8. The van der Waals surface area contributed by atoms with Crippen LogP contribution >= 0.6 is 0 Å². The van der Waals surface area contributed by atoms with Gasteiger partial charge in [-0.1, -0.05) is 13.3 Å². The van der Waals surface area contributed by atoms with Crippen molar-refractivity contribution in [1.82, 2.24) is 29.5 Å². The highest BCUT2D eigenvalue weighted by atomic mass is 16.5. The topological polar surface area (TPSA) is 111 Å². The van der Waals surface area contributed by atoms with Gasteiger partial charge in [0.2, 0.25) is 5.95 Å². The van der Waals surface area contributed by atoms with E-state index in [1.807, 2.05) is 36.2 Å². The van der Waals surface area contributed by atoms with E-state index in [1.165, 1.54) is 12.4 Å². The molecular formula is C27H32N8O3. The van der Waals surface area contributed by atoms with Crippen LogP contribution in [-0.4, -0.2) is 76.2 Å². The quantitative estimate of drug-likeness (QED) is 0.291. The van der Waals surface area contributed by atoms with Crippen LogP contribution in [0.3, 0.4) is 0 Å². The van der Waals surface area contributed by atoms with E-state index in [4.69, 9.17) is 24.4 Å². The lowest BCUT2D eigenvalue weighted by Gasteiger charge is -2.28. The number of methoxy groups -OCH3 is 1. The average molecular weight is 517 g/mol. The summed E-state index contributed by atoms with van der Waals surface area (Å²) < 4.78 is 13.1. The Kier molecular flexibility index (Phi) is 7.73. The number of unbranched alkanes of at least 4 members (excludes halogenated alkanes) is 1. The second-order valence-electron chi connectivity index (χ2n) is 9.19. The highest BCUT2D eigenvalue weighted by molar-refractivity contribution is 5.86. The molecule has 0 aliphatic carbocycles. The van der Waals surface area contributed by atoms with Crippen LogP contribution in [0.1, 0.15) is 35.9 Å². The molecule has 0 radical (unpaired) electrons. The summed E-state index contributed by atoms with van der Waals surface area (Å²) >= 11 is 0. The fraction of sp³-hybridized carbons (Fsp3) is 0.407. The molecule has 1 aliphatic heterocycles. The van der Waals surface area contributed by atoms with E-state index in [0.717, 1.165) is 72.9 Å². The Morgan fingerprint density at radius 1 is 1.08 bits per heavy atom. The molecule has 1 aliphatic rings. The standard InChI is InChI=1S/C27H32N8O3/c1-4-5-10-35-22(17-33(2)27-28-15-19(18-36)16-29-27)30-23-25(34-11-13-38-14-12-34)31-24(32-26(23)35)20-6-8-21(37-3)9-7-20/h6-9,15-16,18H,4-5,10-14,17H2,1-3H3. The zero-order valence-electron chi connectivity index (χ0n) is 22.0. The average Bonchev–Trinajstić information content (AvgIpc) is 3.32. The zero-order valence-corrected chi connectivity index (χ0v) is 22.0. The molecule has 198 valence electrons. The molecule has 1 saturated heterocycles. The number of hydrogen-bond acceptors (Lipinski definition) is 10. The highest BCUT2D eigenvalue weighted by Gasteiger charge is 2.24. The van der Waals surface area contributed by atoms with E-state index in [9.17, 15) is 4.79 Å². The summed E-state index contributed by atoms with van der Waals surface area (Å²) in [6.07, 6.45) is 5.81. The second kappa shape index (κ2) is 11.5. The minimum absolute atomic E-state index is 0.439. The number of aryl methyl sites for hydroxylation is 1. The van der Waals surface area contributed by atoms with Gasteiger partial charge in [0.05, 0.1) is 32.4 Å². The van der Waals surface area contributed by atoms with Gasteiger partial charge in [-0.05, 0) is 30.7 Å². The number of aromatic nitrogens is 6. The third-order valence-corrected chi connectivity index (χ3v) is 6.56. The largest absolute Gasteiger partial charge is 0.497 e. The minimum atomic E-state index is 0.439. The maximum absolute atomic E-state index is 11.0. The van der Waals surface area contributed by atoms with Crippen LogP contribution in [0.2, 0.25) is 0 Å². The summed E-state index contributed by atoms with van der Waals surface area (Å²) in [6.45, 7) is 6.19. The predicted molar refractivity (Wildman–Crippen MR) is 145 cm³/mol. The van der Waals surface area contributed by atoms with Crippen molar-refractivity contribution >= 4 is 29.2 Å². The Labute approximate surface area is 221 Å². The lowest BCUT2D eigenvalue weighted by atomic mass is 10.2. The molecule has 4 heterocycles. The zero-order chi connectivity index (χ0) is 26.5. The van der Waals surface area contributed by atoms with Crippen LogP contribution in [0.4, 0.5) is 11.8 Å². The Hall–Kier alpha value is -4.12. The minimum Gasteiger partial charge on any atom is -0.497 e. The summed E-state index contributed by atoms with van der Waals surface area (Å²) in [5.74, 6) is 3.62. The van der Waals surface area contributed by atoms with Crippen molar-refractivity contribution in [3.05, 3.63) is 48.0 Å². The van der Waals surface area contributed by atoms with Crippen molar-refractivity contribution in [2.24, 2.45) is 0 Å². The van der Waals surface area contributed by atoms with Crippen LogP contribution in [0, 0.1) is 0 Å². The maximum Gasteiger partial charge on any atom is 0.225 e. The molecule has 3 aromatic heterocycles.